The van der Waals surface area contributed by atoms with E-state index in [4.69, 9.17) is 0 Å². The van der Waals surface area contributed by atoms with Crippen molar-refractivity contribution >= 4 is 27.5 Å². The molecule has 0 saturated heterocycles. The molecule has 2 bridgehead atoms. The fourth-order valence-electron chi connectivity index (χ4n) is 3.47. The molecule has 1 aromatic rings. The molecule has 5 nitrogen and oxygen atoms in total. The highest BCUT2D eigenvalue weighted by molar-refractivity contribution is 9.10. The Hall–Kier alpha value is -1.43. The first-order valence-electron chi connectivity index (χ1n) is 6.79. The van der Waals surface area contributed by atoms with Crippen molar-refractivity contribution in [2.24, 2.45) is 11.8 Å². The highest BCUT2D eigenvalue weighted by atomic mass is 79.9. The summed E-state index contributed by atoms with van der Waals surface area (Å²) in [6.07, 6.45) is 4.73. The smallest absolute Gasteiger partial charge is 0.284 e. The lowest BCUT2D eigenvalue weighted by Crippen LogP contribution is -2.38. The Kier molecular flexibility index (Phi) is 3.50. The van der Waals surface area contributed by atoms with Gasteiger partial charge in [0.05, 0.1) is 9.40 Å². The van der Waals surface area contributed by atoms with Crippen LogP contribution in [0.3, 0.4) is 0 Å². The molecule has 2 aliphatic rings. The Morgan fingerprint density at radius 2 is 2.15 bits per heavy atom. The molecule has 2 aliphatic carbocycles. The van der Waals surface area contributed by atoms with Gasteiger partial charge in [-0.3, -0.25) is 14.9 Å². The molecule has 1 amide bonds. The van der Waals surface area contributed by atoms with E-state index in [-0.39, 0.29) is 17.6 Å². The second kappa shape index (κ2) is 5.16. The number of fused-ring (bicyclic) bond motifs is 2. The number of halogens is 1. The van der Waals surface area contributed by atoms with Crippen LogP contribution in [0.1, 0.15) is 36.0 Å². The Bertz CT molecular complexity index is 576. The Morgan fingerprint density at radius 3 is 2.75 bits per heavy atom. The summed E-state index contributed by atoms with van der Waals surface area (Å²) in [6, 6.07) is 4.73. The Balaban J connectivity index is 1.74. The first kappa shape index (κ1) is 13.5. The molecule has 1 aromatic carbocycles. The van der Waals surface area contributed by atoms with Gasteiger partial charge in [0.1, 0.15) is 0 Å². The molecule has 3 atom stereocenters. The van der Waals surface area contributed by atoms with Crippen molar-refractivity contribution in [3.05, 3.63) is 38.3 Å². The molecule has 1 N–H and O–H groups in total. The first-order chi connectivity index (χ1) is 9.54. The quantitative estimate of drug-likeness (QED) is 0.679. The molecular weight excluding hydrogens is 324 g/mol. The van der Waals surface area contributed by atoms with Gasteiger partial charge in [0.15, 0.2) is 0 Å². The van der Waals surface area contributed by atoms with Gasteiger partial charge in [-0.25, -0.2) is 0 Å². The second-order valence-electron chi connectivity index (χ2n) is 5.68. The van der Waals surface area contributed by atoms with Crippen LogP contribution < -0.4 is 5.32 Å². The zero-order valence-electron chi connectivity index (χ0n) is 10.8. The lowest BCUT2D eigenvalue weighted by Gasteiger charge is -2.22. The number of hydrogen-bond donors (Lipinski definition) is 1. The van der Waals surface area contributed by atoms with E-state index in [1.165, 1.54) is 25.3 Å². The maximum Gasteiger partial charge on any atom is 0.284 e. The predicted molar refractivity (Wildman–Crippen MR) is 77.5 cm³/mol. The van der Waals surface area contributed by atoms with Gasteiger partial charge >= 0.3 is 0 Å². The van der Waals surface area contributed by atoms with Gasteiger partial charge in [-0.1, -0.05) is 6.42 Å². The number of nitrogens with zero attached hydrogens (tertiary/aromatic N) is 1. The average Bonchev–Trinajstić information content (AvgIpc) is 3.01. The molecule has 20 heavy (non-hydrogen) atoms. The molecular formula is C14H15BrN2O3. The van der Waals surface area contributed by atoms with Crippen molar-refractivity contribution < 1.29 is 9.72 Å². The van der Waals surface area contributed by atoms with Crippen LogP contribution >= 0.6 is 15.9 Å². The standard InChI is InChI=1S/C14H15BrN2O3/c15-11-4-3-10(7-13(11)17(19)20)14(18)16-12-6-8-1-2-9(12)5-8/h3-4,7-9,12H,1-2,5-6H2,(H,16,18). The number of nitrogens with one attached hydrogen (secondary N) is 1. The van der Waals surface area contributed by atoms with Crippen LogP contribution in [0, 0.1) is 22.0 Å². The third-order valence-corrected chi connectivity index (χ3v) is 5.13. The fraction of sp³-hybridized carbons (Fsp3) is 0.500. The van der Waals surface area contributed by atoms with Crippen molar-refractivity contribution in [2.75, 3.05) is 0 Å². The normalized spacial score (nSPS) is 27.6. The molecule has 0 heterocycles. The molecule has 6 heteroatoms. The minimum absolute atomic E-state index is 0.0782. The van der Waals surface area contributed by atoms with Crippen molar-refractivity contribution in [3.8, 4) is 0 Å². The number of rotatable bonds is 3. The van der Waals surface area contributed by atoms with Crippen LogP contribution in [0.4, 0.5) is 5.69 Å². The van der Waals surface area contributed by atoms with Crippen LogP contribution in [-0.4, -0.2) is 16.9 Å². The summed E-state index contributed by atoms with van der Waals surface area (Å²) in [4.78, 5) is 22.6. The van der Waals surface area contributed by atoms with Gasteiger partial charge < -0.3 is 5.32 Å². The molecule has 3 unspecified atom stereocenters. The van der Waals surface area contributed by atoms with E-state index in [2.05, 4.69) is 21.2 Å². The van der Waals surface area contributed by atoms with Crippen molar-refractivity contribution in [3.63, 3.8) is 0 Å². The largest absolute Gasteiger partial charge is 0.349 e. The number of nitro groups is 1. The van der Waals surface area contributed by atoms with Gasteiger partial charge in [-0.05, 0) is 59.2 Å². The summed E-state index contributed by atoms with van der Waals surface area (Å²) in [6.45, 7) is 0. The van der Waals surface area contributed by atoms with Crippen LogP contribution in [0.5, 0.6) is 0 Å². The molecule has 106 valence electrons. The number of amides is 1. The number of nitro benzene ring substituents is 1. The molecule has 0 radical (unpaired) electrons. The highest BCUT2D eigenvalue weighted by Crippen LogP contribution is 2.44. The number of benzene rings is 1. The van der Waals surface area contributed by atoms with Gasteiger partial charge in [0.25, 0.3) is 11.6 Å². The zero-order valence-corrected chi connectivity index (χ0v) is 12.4. The molecule has 2 fully saturated rings. The van der Waals surface area contributed by atoms with Crippen LogP contribution in [0.2, 0.25) is 0 Å². The first-order valence-corrected chi connectivity index (χ1v) is 7.58. The SMILES string of the molecule is O=C(NC1CC2CCC1C2)c1ccc(Br)c([N+](=O)[O-])c1. The van der Waals surface area contributed by atoms with E-state index < -0.39 is 4.92 Å². The van der Waals surface area contributed by atoms with Crippen molar-refractivity contribution in [2.45, 2.75) is 31.7 Å². The van der Waals surface area contributed by atoms with Gasteiger partial charge in [-0.15, -0.1) is 0 Å². The number of carbonyl (C=O) groups excluding carboxylic acids is 1. The van der Waals surface area contributed by atoms with Gasteiger partial charge in [0.2, 0.25) is 0 Å². The summed E-state index contributed by atoms with van der Waals surface area (Å²) < 4.78 is 0.388. The minimum atomic E-state index is -0.488. The third kappa shape index (κ3) is 2.44. The van der Waals surface area contributed by atoms with Gasteiger partial charge in [0, 0.05) is 17.7 Å². The van der Waals surface area contributed by atoms with Crippen LogP contribution in [-0.2, 0) is 0 Å². The number of hydrogen-bond acceptors (Lipinski definition) is 3. The van der Waals surface area contributed by atoms with Gasteiger partial charge in [-0.2, -0.15) is 0 Å². The van der Waals surface area contributed by atoms with E-state index >= 15 is 0 Å². The molecule has 0 aliphatic heterocycles. The molecule has 0 aromatic heterocycles. The topological polar surface area (TPSA) is 72.2 Å². The maximum atomic E-state index is 12.2. The highest BCUT2D eigenvalue weighted by Gasteiger charge is 2.40. The summed E-state index contributed by atoms with van der Waals surface area (Å²) >= 11 is 3.12. The van der Waals surface area contributed by atoms with E-state index in [1.807, 2.05) is 0 Å². The monoisotopic (exact) mass is 338 g/mol. The zero-order chi connectivity index (χ0) is 14.3. The molecule has 3 rings (SSSR count). The van der Waals surface area contributed by atoms with Crippen molar-refractivity contribution in [1.82, 2.24) is 5.32 Å². The molecule has 0 spiro atoms. The van der Waals surface area contributed by atoms with Crippen LogP contribution in [0.25, 0.3) is 0 Å². The minimum Gasteiger partial charge on any atom is -0.349 e. The second-order valence-corrected chi connectivity index (χ2v) is 6.53. The Morgan fingerprint density at radius 1 is 1.35 bits per heavy atom. The fourth-order valence-corrected chi connectivity index (χ4v) is 3.86. The van der Waals surface area contributed by atoms with E-state index in [9.17, 15) is 14.9 Å². The average molecular weight is 339 g/mol. The van der Waals surface area contributed by atoms with E-state index in [0.29, 0.717) is 16.0 Å². The predicted octanol–water partition coefficient (Wildman–Crippen LogP) is 3.28. The van der Waals surface area contributed by atoms with E-state index in [1.54, 1.807) is 12.1 Å². The van der Waals surface area contributed by atoms with Crippen LogP contribution in [0.15, 0.2) is 22.7 Å². The molecule has 2 saturated carbocycles. The third-order valence-electron chi connectivity index (χ3n) is 4.46. The lowest BCUT2D eigenvalue weighted by atomic mass is 9.95. The van der Waals surface area contributed by atoms with Crippen molar-refractivity contribution in [1.29, 1.82) is 0 Å². The summed E-state index contributed by atoms with van der Waals surface area (Å²) in [5.41, 5.74) is 0.272. The maximum absolute atomic E-state index is 12.2. The summed E-state index contributed by atoms with van der Waals surface area (Å²) in [5.74, 6) is 1.14. The summed E-state index contributed by atoms with van der Waals surface area (Å²) in [7, 11) is 0. The summed E-state index contributed by atoms with van der Waals surface area (Å²) in [5, 5.41) is 13.9. The lowest BCUT2D eigenvalue weighted by molar-refractivity contribution is -0.385. The Labute approximate surface area is 125 Å². The van der Waals surface area contributed by atoms with E-state index in [0.717, 1.165) is 12.3 Å². The number of carbonyl (C=O) groups is 1.